The highest BCUT2D eigenvalue weighted by molar-refractivity contribution is 9.11. The molecule has 5 heteroatoms. The van der Waals surface area contributed by atoms with Gasteiger partial charge >= 0.3 is 0 Å². The summed E-state index contributed by atoms with van der Waals surface area (Å²) in [5.41, 5.74) is 0. The number of rotatable bonds is 1. The molecule has 1 aromatic rings. The number of nitrogens with zero attached hydrogens (tertiary/aromatic N) is 1. The standard InChI is InChI=1S/C10H13BrN2OS/c1-7-6-13(5-4-12-7)10(14)8-2-3-9(11)15-8/h2-3,7,12H,4-6H2,1H3/t7-/m0/s1. The summed E-state index contributed by atoms with van der Waals surface area (Å²) in [5.74, 6) is 0.152. The summed E-state index contributed by atoms with van der Waals surface area (Å²) < 4.78 is 1.01. The molecule has 3 nitrogen and oxygen atoms in total. The molecule has 0 aromatic carbocycles. The molecule has 1 N–H and O–H groups in total. The third kappa shape index (κ3) is 2.59. The fourth-order valence-corrected chi connectivity index (χ4v) is 3.06. The summed E-state index contributed by atoms with van der Waals surface area (Å²) in [6, 6.07) is 4.19. The minimum atomic E-state index is 0.152. The molecule has 1 aliphatic heterocycles. The van der Waals surface area contributed by atoms with Crippen LogP contribution in [0.1, 0.15) is 16.6 Å². The van der Waals surface area contributed by atoms with E-state index in [9.17, 15) is 4.79 Å². The first-order valence-electron chi connectivity index (χ1n) is 4.95. The number of carbonyl (C=O) groups is 1. The zero-order chi connectivity index (χ0) is 10.8. The fraction of sp³-hybridized carbons (Fsp3) is 0.500. The average Bonchev–Trinajstić information content (AvgIpc) is 2.64. The molecule has 1 amide bonds. The first kappa shape index (κ1) is 11.1. The normalized spacial score (nSPS) is 21.7. The molecule has 1 fully saturated rings. The van der Waals surface area contributed by atoms with Gasteiger partial charge in [-0.2, -0.15) is 0 Å². The van der Waals surface area contributed by atoms with E-state index < -0.39 is 0 Å². The molecule has 82 valence electrons. The minimum Gasteiger partial charge on any atom is -0.335 e. The molecular formula is C10H13BrN2OS. The van der Waals surface area contributed by atoms with Crippen molar-refractivity contribution in [1.82, 2.24) is 10.2 Å². The monoisotopic (exact) mass is 288 g/mol. The summed E-state index contributed by atoms with van der Waals surface area (Å²) >= 11 is 4.87. The second-order valence-corrected chi connectivity index (χ2v) is 6.17. The Morgan fingerprint density at radius 1 is 1.67 bits per heavy atom. The second kappa shape index (κ2) is 4.63. The Morgan fingerprint density at radius 2 is 2.47 bits per heavy atom. The van der Waals surface area contributed by atoms with Gasteiger partial charge in [0.1, 0.15) is 0 Å². The Labute approximate surface area is 102 Å². The van der Waals surface area contributed by atoms with E-state index in [-0.39, 0.29) is 5.91 Å². The molecule has 1 saturated heterocycles. The summed E-state index contributed by atoms with van der Waals surface area (Å²) in [4.78, 5) is 14.8. The van der Waals surface area contributed by atoms with Crippen LogP contribution in [-0.2, 0) is 0 Å². The van der Waals surface area contributed by atoms with Gasteiger partial charge in [-0.05, 0) is 35.0 Å². The van der Waals surface area contributed by atoms with Crippen molar-refractivity contribution in [3.63, 3.8) is 0 Å². The van der Waals surface area contributed by atoms with Crippen LogP contribution in [0.3, 0.4) is 0 Å². The molecule has 0 radical (unpaired) electrons. The van der Waals surface area contributed by atoms with Crippen LogP contribution in [-0.4, -0.2) is 36.5 Å². The van der Waals surface area contributed by atoms with Gasteiger partial charge in [-0.15, -0.1) is 11.3 Å². The van der Waals surface area contributed by atoms with Crippen LogP contribution in [0.15, 0.2) is 15.9 Å². The maximum absolute atomic E-state index is 12.0. The maximum atomic E-state index is 12.0. The van der Waals surface area contributed by atoms with E-state index in [1.165, 1.54) is 11.3 Å². The number of thiophene rings is 1. The van der Waals surface area contributed by atoms with Crippen molar-refractivity contribution in [1.29, 1.82) is 0 Å². The Kier molecular flexibility index (Phi) is 3.43. The predicted molar refractivity (Wildman–Crippen MR) is 65.4 cm³/mol. The lowest BCUT2D eigenvalue weighted by Gasteiger charge is -2.31. The molecule has 1 aliphatic rings. The van der Waals surface area contributed by atoms with Crippen molar-refractivity contribution in [3.8, 4) is 0 Å². The van der Waals surface area contributed by atoms with Gasteiger partial charge < -0.3 is 10.2 Å². The first-order chi connectivity index (χ1) is 7.16. The zero-order valence-corrected chi connectivity index (χ0v) is 10.9. The van der Waals surface area contributed by atoms with E-state index in [0.29, 0.717) is 6.04 Å². The molecular weight excluding hydrogens is 276 g/mol. The molecule has 0 saturated carbocycles. The van der Waals surface area contributed by atoms with Crippen molar-refractivity contribution in [3.05, 3.63) is 20.8 Å². The number of hydrogen-bond donors (Lipinski definition) is 1. The molecule has 2 rings (SSSR count). The lowest BCUT2D eigenvalue weighted by atomic mass is 10.2. The Balaban J connectivity index is 2.07. The van der Waals surface area contributed by atoms with E-state index in [0.717, 1.165) is 28.3 Å². The molecule has 1 aromatic heterocycles. The van der Waals surface area contributed by atoms with Crippen LogP contribution in [0.4, 0.5) is 0 Å². The van der Waals surface area contributed by atoms with Crippen molar-refractivity contribution in [2.45, 2.75) is 13.0 Å². The van der Waals surface area contributed by atoms with E-state index in [4.69, 9.17) is 0 Å². The highest BCUT2D eigenvalue weighted by atomic mass is 79.9. The quantitative estimate of drug-likeness (QED) is 0.857. The smallest absolute Gasteiger partial charge is 0.264 e. The number of piperazine rings is 1. The summed E-state index contributed by atoms with van der Waals surface area (Å²) in [5, 5.41) is 3.32. The molecule has 0 bridgehead atoms. The maximum Gasteiger partial charge on any atom is 0.264 e. The van der Waals surface area contributed by atoms with Crippen LogP contribution >= 0.6 is 27.3 Å². The largest absolute Gasteiger partial charge is 0.335 e. The third-order valence-electron chi connectivity index (χ3n) is 2.44. The molecule has 0 aliphatic carbocycles. The Hall–Kier alpha value is -0.390. The van der Waals surface area contributed by atoms with Crippen LogP contribution in [0.5, 0.6) is 0 Å². The fourth-order valence-electron chi connectivity index (χ4n) is 1.70. The molecule has 1 atom stereocenters. The topological polar surface area (TPSA) is 32.3 Å². The second-order valence-electron chi connectivity index (χ2n) is 3.71. The van der Waals surface area contributed by atoms with Gasteiger partial charge in [0.25, 0.3) is 5.91 Å². The summed E-state index contributed by atoms with van der Waals surface area (Å²) in [6.07, 6.45) is 0. The average molecular weight is 289 g/mol. The van der Waals surface area contributed by atoms with Crippen molar-refractivity contribution in [2.24, 2.45) is 0 Å². The van der Waals surface area contributed by atoms with Gasteiger partial charge in [0.05, 0.1) is 8.66 Å². The van der Waals surface area contributed by atoms with Crippen molar-refractivity contribution < 1.29 is 4.79 Å². The summed E-state index contributed by atoms with van der Waals surface area (Å²) in [7, 11) is 0. The van der Waals surface area contributed by atoms with E-state index >= 15 is 0 Å². The van der Waals surface area contributed by atoms with Crippen molar-refractivity contribution in [2.75, 3.05) is 19.6 Å². The Bertz CT molecular complexity index is 366. The van der Waals surface area contributed by atoms with Crippen molar-refractivity contribution >= 4 is 33.2 Å². The van der Waals surface area contributed by atoms with Gasteiger partial charge in [-0.25, -0.2) is 0 Å². The lowest BCUT2D eigenvalue weighted by molar-refractivity contribution is 0.0714. The zero-order valence-electron chi connectivity index (χ0n) is 8.50. The SMILES string of the molecule is C[C@H]1CN(C(=O)c2ccc(Br)s2)CCN1. The number of amides is 1. The number of nitrogens with one attached hydrogen (secondary N) is 1. The molecule has 0 unspecified atom stereocenters. The number of hydrogen-bond acceptors (Lipinski definition) is 3. The van der Waals surface area contributed by atoms with Crippen LogP contribution < -0.4 is 5.32 Å². The minimum absolute atomic E-state index is 0.152. The van der Waals surface area contributed by atoms with Gasteiger partial charge in [0.15, 0.2) is 0 Å². The highest BCUT2D eigenvalue weighted by Crippen LogP contribution is 2.23. The predicted octanol–water partition coefficient (Wildman–Crippen LogP) is 1.94. The van der Waals surface area contributed by atoms with E-state index in [2.05, 4.69) is 28.2 Å². The van der Waals surface area contributed by atoms with Crippen LogP contribution in [0, 0.1) is 0 Å². The molecule has 0 spiro atoms. The van der Waals surface area contributed by atoms with Crippen LogP contribution in [0.25, 0.3) is 0 Å². The highest BCUT2D eigenvalue weighted by Gasteiger charge is 2.22. The number of halogens is 1. The van der Waals surface area contributed by atoms with Crippen LogP contribution in [0.2, 0.25) is 0 Å². The lowest BCUT2D eigenvalue weighted by Crippen LogP contribution is -2.51. The van der Waals surface area contributed by atoms with Gasteiger partial charge in [-0.1, -0.05) is 0 Å². The Morgan fingerprint density at radius 3 is 3.07 bits per heavy atom. The first-order valence-corrected chi connectivity index (χ1v) is 6.56. The van der Waals surface area contributed by atoms with Gasteiger partial charge in [-0.3, -0.25) is 4.79 Å². The molecule has 15 heavy (non-hydrogen) atoms. The third-order valence-corrected chi connectivity index (χ3v) is 4.05. The van der Waals surface area contributed by atoms with E-state index in [1.54, 1.807) is 0 Å². The number of carbonyl (C=O) groups excluding carboxylic acids is 1. The van der Waals surface area contributed by atoms with Gasteiger partial charge in [0.2, 0.25) is 0 Å². The van der Waals surface area contributed by atoms with Gasteiger partial charge in [0, 0.05) is 25.7 Å². The molecule has 2 heterocycles. The van der Waals surface area contributed by atoms with E-state index in [1.807, 2.05) is 17.0 Å². The summed E-state index contributed by atoms with van der Waals surface area (Å²) in [6.45, 7) is 4.59.